The minimum absolute atomic E-state index is 0.0295. The second-order valence-corrected chi connectivity index (χ2v) is 5.54. The highest BCUT2D eigenvalue weighted by Gasteiger charge is 2.27. The maximum absolute atomic E-state index is 12.3. The largest absolute Gasteiger partial charge is 0.380 e. The third kappa shape index (κ3) is 4.21. The van der Waals surface area contributed by atoms with E-state index in [1.165, 1.54) is 4.90 Å². The molecule has 22 heavy (non-hydrogen) atoms. The zero-order valence-corrected chi connectivity index (χ0v) is 12.9. The van der Waals surface area contributed by atoms with Crippen LogP contribution in [0.25, 0.3) is 0 Å². The second kappa shape index (κ2) is 7.79. The average molecular weight is 305 g/mol. The van der Waals surface area contributed by atoms with Crippen LogP contribution in [0.15, 0.2) is 24.3 Å². The summed E-state index contributed by atoms with van der Waals surface area (Å²) in [5, 5.41) is 2.95. The molecule has 1 saturated heterocycles. The van der Waals surface area contributed by atoms with Crippen molar-refractivity contribution in [2.45, 2.75) is 26.0 Å². The average Bonchev–Trinajstić information content (AvgIpc) is 2.54. The fourth-order valence-corrected chi connectivity index (χ4v) is 2.74. The molecule has 1 aliphatic rings. The Kier molecular flexibility index (Phi) is 5.77. The predicted molar refractivity (Wildman–Crippen MR) is 82.9 cm³/mol. The number of carbonyl (C=O) groups is 2. The van der Waals surface area contributed by atoms with Gasteiger partial charge in [0.1, 0.15) is 0 Å². The highest BCUT2D eigenvalue weighted by Crippen LogP contribution is 2.17. The molecule has 0 aliphatic carbocycles. The van der Waals surface area contributed by atoms with Crippen molar-refractivity contribution >= 4 is 11.9 Å². The summed E-state index contributed by atoms with van der Waals surface area (Å²) in [6, 6.07) is 7.40. The highest BCUT2D eigenvalue weighted by molar-refractivity contribution is 5.80. The van der Waals surface area contributed by atoms with Gasteiger partial charge in [0.15, 0.2) is 0 Å². The number of methoxy groups -OCH3 is 1. The highest BCUT2D eigenvalue weighted by atomic mass is 16.5. The van der Waals surface area contributed by atoms with Gasteiger partial charge in [-0.1, -0.05) is 24.3 Å². The van der Waals surface area contributed by atoms with E-state index >= 15 is 0 Å². The number of hydrogen-bond donors (Lipinski definition) is 2. The quantitative estimate of drug-likeness (QED) is 0.858. The molecule has 3 amide bonds. The summed E-state index contributed by atoms with van der Waals surface area (Å²) in [6.45, 7) is 2.02. The maximum Gasteiger partial charge on any atom is 0.314 e. The molecule has 0 saturated carbocycles. The third-order valence-corrected chi connectivity index (χ3v) is 3.98. The van der Waals surface area contributed by atoms with Crippen molar-refractivity contribution < 1.29 is 14.3 Å². The number of ether oxygens (including phenoxy) is 1. The Bertz CT molecular complexity index is 533. The van der Waals surface area contributed by atoms with Crippen molar-refractivity contribution in [1.29, 1.82) is 0 Å². The minimum atomic E-state index is -0.456. The second-order valence-electron chi connectivity index (χ2n) is 5.54. The Hall–Kier alpha value is -2.08. The summed E-state index contributed by atoms with van der Waals surface area (Å²) in [6.07, 6.45) is 1.59. The Morgan fingerprint density at radius 3 is 2.77 bits per heavy atom. The summed E-state index contributed by atoms with van der Waals surface area (Å²) in [5.41, 5.74) is 7.39. The van der Waals surface area contributed by atoms with Gasteiger partial charge in [0.05, 0.1) is 12.5 Å². The van der Waals surface area contributed by atoms with Gasteiger partial charge in [-0.15, -0.1) is 0 Å². The fourth-order valence-electron chi connectivity index (χ4n) is 2.74. The zero-order valence-electron chi connectivity index (χ0n) is 12.9. The number of rotatable bonds is 5. The first-order chi connectivity index (χ1) is 10.6. The topological polar surface area (TPSA) is 84.7 Å². The van der Waals surface area contributed by atoms with Gasteiger partial charge in [-0.05, 0) is 24.0 Å². The molecule has 6 heteroatoms. The molecule has 0 spiro atoms. The van der Waals surface area contributed by atoms with Crippen molar-refractivity contribution in [3.63, 3.8) is 0 Å². The molecule has 0 aromatic heterocycles. The Morgan fingerprint density at radius 2 is 2.09 bits per heavy atom. The van der Waals surface area contributed by atoms with Crippen LogP contribution in [0.1, 0.15) is 24.0 Å². The molecule has 1 fully saturated rings. The number of amides is 3. The van der Waals surface area contributed by atoms with E-state index < -0.39 is 6.03 Å². The van der Waals surface area contributed by atoms with Crippen LogP contribution in [0.2, 0.25) is 0 Å². The van der Waals surface area contributed by atoms with Gasteiger partial charge in [0.2, 0.25) is 5.91 Å². The first-order valence-electron chi connectivity index (χ1n) is 7.49. The van der Waals surface area contributed by atoms with Crippen LogP contribution < -0.4 is 11.1 Å². The molecule has 2 rings (SSSR count). The Labute approximate surface area is 130 Å². The van der Waals surface area contributed by atoms with Crippen LogP contribution in [0.5, 0.6) is 0 Å². The standard InChI is InChI=1S/C16H23N3O3/c1-22-11-14-6-3-2-5-12(14)9-18-15(20)13-7-4-8-19(10-13)16(17)21/h2-3,5-6,13H,4,7-11H2,1H3,(H2,17,21)(H,18,20)/t13-/m1/s1. The Balaban J connectivity index is 1.91. The smallest absolute Gasteiger partial charge is 0.314 e. The van der Waals surface area contributed by atoms with Crippen molar-refractivity contribution in [1.82, 2.24) is 10.2 Å². The van der Waals surface area contributed by atoms with Crippen LogP contribution in [0.3, 0.4) is 0 Å². The van der Waals surface area contributed by atoms with E-state index in [9.17, 15) is 9.59 Å². The van der Waals surface area contributed by atoms with Gasteiger partial charge in [0, 0.05) is 26.7 Å². The maximum atomic E-state index is 12.3. The summed E-state index contributed by atoms with van der Waals surface area (Å²) in [7, 11) is 1.65. The van der Waals surface area contributed by atoms with E-state index in [1.54, 1.807) is 7.11 Å². The van der Waals surface area contributed by atoms with Crippen molar-refractivity contribution in [2.75, 3.05) is 20.2 Å². The lowest BCUT2D eigenvalue weighted by Gasteiger charge is -2.30. The summed E-state index contributed by atoms with van der Waals surface area (Å²) in [4.78, 5) is 25.0. The molecular formula is C16H23N3O3. The Morgan fingerprint density at radius 1 is 1.36 bits per heavy atom. The van der Waals surface area contributed by atoms with Gasteiger partial charge in [-0.2, -0.15) is 0 Å². The molecule has 120 valence electrons. The van der Waals surface area contributed by atoms with Gasteiger partial charge in [-0.25, -0.2) is 4.79 Å². The van der Waals surface area contributed by atoms with Crippen molar-refractivity contribution in [2.24, 2.45) is 11.7 Å². The number of nitrogens with one attached hydrogen (secondary N) is 1. The molecule has 1 aromatic rings. The molecule has 0 unspecified atom stereocenters. The first kappa shape index (κ1) is 16.3. The van der Waals surface area contributed by atoms with E-state index in [0.717, 1.165) is 24.0 Å². The van der Waals surface area contributed by atoms with E-state index in [-0.39, 0.29) is 11.8 Å². The first-order valence-corrected chi connectivity index (χ1v) is 7.49. The molecule has 0 radical (unpaired) electrons. The molecule has 1 heterocycles. The van der Waals surface area contributed by atoms with E-state index in [0.29, 0.717) is 26.2 Å². The number of urea groups is 1. The lowest BCUT2D eigenvalue weighted by atomic mass is 9.97. The minimum Gasteiger partial charge on any atom is -0.380 e. The number of hydrogen-bond acceptors (Lipinski definition) is 3. The molecule has 6 nitrogen and oxygen atoms in total. The molecule has 1 atom stereocenters. The number of likely N-dealkylation sites (tertiary alicyclic amines) is 1. The van der Waals surface area contributed by atoms with Gasteiger partial charge in [-0.3, -0.25) is 4.79 Å². The van der Waals surface area contributed by atoms with E-state index in [1.807, 2.05) is 24.3 Å². The van der Waals surface area contributed by atoms with Crippen LogP contribution in [-0.4, -0.2) is 37.0 Å². The zero-order chi connectivity index (χ0) is 15.9. The van der Waals surface area contributed by atoms with E-state index in [2.05, 4.69) is 5.32 Å². The third-order valence-electron chi connectivity index (χ3n) is 3.98. The molecular weight excluding hydrogens is 282 g/mol. The van der Waals surface area contributed by atoms with Crippen LogP contribution in [-0.2, 0) is 22.7 Å². The van der Waals surface area contributed by atoms with Crippen molar-refractivity contribution in [3.05, 3.63) is 35.4 Å². The SMILES string of the molecule is COCc1ccccc1CNC(=O)[C@@H]1CCCN(C(N)=O)C1. The monoisotopic (exact) mass is 305 g/mol. The van der Waals surface area contributed by atoms with E-state index in [4.69, 9.17) is 10.5 Å². The number of piperidine rings is 1. The number of benzene rings is 1. The fraction of sp³-hybridized carbons (Fsp3) is 0.500. The number of primary amides is 1. The summed E-state index contributed by atoms with van der Waals surface area (Å²) < 4.78 is 5.16. The lowest BCUT2D eigenvalue weighted by Crippen LogP contribution is -2.47. The number of nitrogens with two attached hydrogens (primary N) is 1. The van der Waals surface area contributed by atoms with Gasteiger partial charge < -0.3 is 20.7 Å². The predicted octanol–water partition coefficient (Wildman–Crippen LogP) is 1.24. The molecule has 1 aromatic carbocycles. The van der Waals surface area contributed by atoms with Crippen molar-refractivity contribution in [3.8, 4) is 0 Å². The number of carbonyl (C=O) groups excluding carboxylic acids is 2. The van der Waals surface area contributed by atoms with Crippen LogP contribution >= 0.6 is 0 Å². The lowest BCUT2D eigenvalue weighted by molar-refractivity contribution is -0.126. The normalized spacial score (nSPS) is 18.0. The molecule has 3 N–H and O–H groups in total. The summed E-state index contributed by atoms with van der Waals surface area (Å²) >= 11 is 0. The van der Waals surface area contributed by atoms with Gasteiger partial charge in [0.25, 0.3) is 0 Å². The molecule has 1 aliphatic heterocycles. The number of nitrogens with zero attached hydrogens (tertiary/aromatic N) is 1. The molecule has 0 bridgehead atoms. The van der Waals surface area contributed by atoms with Gasteiger partial charge >= 0.3 is 6.03 Å². The van der Waals surface area contributed by atoms with Crippen LogP contribution in [0, 0.1) is 5.92 Å². The van der Waals surface area contributed by atoms with Crippen LogP contribution in [0.4, 0.5) is 4.79 Å². The summed E-state index contributed by atoms with van der Waals surface area (Å²) in [5.74, 6) is -0.214.